The standard InChI is InChI=1S/C19H25BrN2O4S.ClH/c1-3-25-18-12-15(11-17(20)19(18)26-4-2)13-22-10-9-14-5-7-16(8-6-14)27(21,23)24;/h5-8,11-12,22H,3-4,9-10,13H2,1-2H3,(H2,21,23,24);1H. The van der Waals surface area contributed by atoms with Gasteiger partial charge in [-0.1, -0.05) is 12.1 Å². The van der Waals surface area contributed by atoms with Crippen molar-refractivity contribution in [3.05, 3.63) is 52.0 Å². The van der Waals surface area contributed by atoms with Gasteiger partial charge in [-0.15, -0.1) is 12.4 Å². The second kappa shape index (κ2) is 11.6. The van der Waals surface area contributed by atoms with Crippen LogP contribution in [-0.4, -0.2) is 28.2 Å². The van der Waals surface area contributed by atoms with Gasteiger partial charge >= 0.3 is 0 Å². The number of primary sulfonamides is 1. The van der Waals surface area contributed by atoms with Crippen LogP contribution in [0.2, 0.25) is 0 Å². The van der Waals surface area contributed by atoms with E-state index >= 15 is 0 Å². The van der Waals surface area contributed by atoms with Gasteiger partial charge in [-0.25, -0.2) is 13.6 Å². The maximum Gasteiger partial charge on any atom is 0.238 e. The number of hydrogen-bond donors (Lipinski definition) is 2. The van der Waals surface area contributed by atoms with E-state index in [2.05, 4.69) is 21.2 Å². The van der Waals surface area contributed by atoms with Gasteiger partial charge in [-0.05, 0) is 78.1 Å². The monoisotopic (exact) mass is 492 g/mol. The van der Waals surface area contributed by atoms with E-state index in [0.29, 0.717) is 19.8 Å². The van der Waals surface area contributed by atoms with E-state index in [1.807, 2.05) is 26.0 Å². The number of rotatable bonds is 10. The Hall–Kier alpha value is -1.32. The van der Waals surface area contributed by atoms with Crippen LogP contribution < -0.4 is 19.9 Å². The summed E-state index contributed by atoms with van der Waals surface area (Å²) in [6.45, 7) is 6.45. The number of hydrogen-bond acceptors (Lipinski definition) is 5. The zero-order chi connectivity index (χ0) is 19.9. The van der Waals surface area contributed by atoms with Crippen LogP contribution in [0.25, 0.3) is 0 Å². The van der Waals surface area contributed by atoms with Gasteiger partial charge in [0.1, 0.15) is 0 Å². The number of halogens is 2. The third kappa shape index (κ3) is 7.25. The van der Waals surface area contributed by atoms with Crippen LogP contribution in [-0.2, 0) is 23.0 Å². The molecule has 0 unspecified atom stereocenters. The third-order valence-electron chi connectivity index (χ3n) is 3.83. The van der Waals surface area contributed by atoms with Crippen molar-refractivity contribution in [1.82, 2.24) is 5.32 Å². The Balaban J connectivity index is 0.00000392. The number of ether oxygens (including phenoxy) is 2. The van der Waals surface area contributed by atoms with Gasteiger partial charge in [0.25, 0.3) is 0 Å². The van der Waals surface area contributed by atoms with Crippen LogP contribution in [0, 0.1) is 0 Å². The van der Waals surface area contributed by atoms with Gasteiger partial charge in [0.15, 0.2) is 11.5 Å². The summed E-state index contributed by atoms with van der Waals surface area (Å²) in [7, 11) is -3.64. The molecular formula is C19H26BrClN2O4S. The predicted molar refractivity (Wildman–Crippen MR) is 117 cm³/mol. The summed E-state index contributed by atoms with van der Waals surface area (Å²) in [4.78, 5) is 0.127. The lowest BCUT2D eigenvalue weighted by molar-refractivity contribution is 0.286. The van der Waals surface area contributed by atoms with Gasteiger partial charge < -0.3 is 14.8 Å². The van der Waals surface area contributed by atoms with Crippen LogP contribution in [0.3, 0.4) is 0 Å². The molecule has 0 saturated heterocycles. The molecule has 0 saturated carbocycles. The van der Waals surface area contributed by atoms with E-state index in [4.69, 9.17) is 14.6 Å². The van der Waals surface area contributed by atoms with Crippen molar-refractivity contribution in [2.24, 2.45) is 5.14 Å². The summed E-state index contributed by atoms with van der Waals surface area (Å²) in [6, 6.07) is 10.6. The van der Waals surface area contributed by atoms with Crippen molar-refractivity contribution in [3.8, 4) is 11.5 Å². The fraction of sp³-hybridized carbons (Fsp3) is 0.368. The Bertz CT molecular complexity index is 861. The minimum absolute atomic E-state index is 0. The highest BCUT2D eigenvalue weighted by Crippen LogP contribution is 2.36. The Morgan fingerprint density at radius 2 is 1.68 bits per heavy atom. The average Bonchev–Trinajstić information content (AvgIpc) is 2.61. The van der Waals surface area contributed by atoms with Crippen molar-refractivity contribution in [2.45, 2.75) is 31.7 Å². The van der Waals surface area contributed by atoms with Crippen molar-refractivity contribution in [2.75, 3.05) is 19.8 Å². The Morgan fingerprint density at radius 1 is 1.04 bits per heavy atom. The van der Waals surface area contributed by atoms with Crippen molar-refractivity contribution < 1.29 is 17.9 Å². The molecule has 0 amide bonds. The predicted octanol–water partition coefficient (Wildman–Crippen LogP) is 3.65. The Kier molecular flexibility index (Phi) is 10.3. The maximum absolute atomic E-state index is 11.3. The normalized spacial score (nSPS) is 11.0. The smallest absolute Gasteiger partial charge is 0.238 e. The van der Waals surface area contributed by atoms with Crippen molar-refractivity contribution >= 4 is 38.4 Å². The average molecular weight is 494 g/mol. The summed E-state index contributed by atoms with van der Waals surface area (Å²) in [5.41, 5.74) is 2.12. The lowest BCUT2D eigenvalue weighted by Crippen LogP contribution is -2.17. The summed E-state index contributed by atoms with van der Waals surface area (Å²) in [6.07, 6.45) is 0.779. The molecule has 0 aromatic heterocycles. The first kappa shape index (κ1) is 24.7. The number of benzene rings is 2. The molecule has 156 valence electrons. The highest BCUT2D eigenvalue weighted by Gasteiger charge is 2.12. The van der Waals surface area contributed by atoms with E-state index in [-0.39, 0.29) is 17.3 Å². The molecule has 2 aromatic rings. The summed E-state index contributed by atoms with van der Waals surface area (Å²) >= 11 is 3.55. The number of nitrogens with two attached hydrogens (primary N) is 1. The van der Waals surface area contributed by atoms with E-state index in [1.54, 1.807) is 12.1 Å². The molecule has 0 spiro atoms. The second-order valence-electron chi connectivity index (χ2n) is 5.89. The molecule has 0 radical (unpaired) electrons. The van der Waals surface area contributed by atoms with Gasteiger partial charge in [0.2, 0.25) is 10.0 Å². The second-order valence-corrected chi connectivity index (χ2v) is 8.30. The van der Waals surface area contributed by atoms with Gasteiger partial charge in [-0.3, -0.25) is 0 Å². The largest absolute Gasteiger partial charge is 0.490 e. The van der Waals surface area contributed by atoms with E-state index in [1.165, 1.54) is 12.1 Å². The Labute approximate surface area is 181 Å². The molecule has 0 atom stereocenters. The lowest BCUT2D eigenvalue weighted by Gasteiger charge is -2.15. The zero-order valence-electron chi connectivity index (χ0n) is 15.9. The zero-order valence-corrected chi connectivity index (χ0v) is 19.1. The highest BCUT2D eigenvalue weighted by molar-refractivity contribution is 9.10. The molecule has 0 fully saturated rings. The molecule has 0 aliphatic carbocycles. The number of nitrogens with one attached hydrogen (secondary N) is 1. The van der Waals surface area contributed by atoms with Crippen LogP contribution in [0.4, 0.5) is 0 Å². The van der Waals surface area contributed by atoms with Gasteiger partial charge in [0, 0.05) is 6.54 Å². The molecule has 0 aliphatic rings. The molecular weight excluding hydrogens is 468 g/mol. The third-order valence-corrected chi connectivity index (χ3v) is 5.35. The first-order valence-corrected chi connectivity index (χ1v) is 11.1. The van der Waals surface area contributed by atoms with E-state index in [0.717, 1.165) is 40.1 Å². The van der Waals surface area contributed by atoms with Crippen LogP contribution in [0.15, 0.2) is 45.8 Å². The number of sulfonamides is 1. The summed E-state index contributed by atoms with van der Waals surface area (Å²) in [5, 5.41) is 8.49. The quantitative estimate of drug-likeness (QED) is 0.493. The molecule has 0 aliphatic heterocycles. The first-order valence-electron chi connectivity index (χ1n) is 8.75. The van der Waals surface area contributed by atoms with Crippen LogP contribution >= 0.6 is 28.3 Å². The lowest BCUT2D eigenvalue weighted by atomic mass is 10.1. The van der Waals surface area contributed by atoms with Gasteiger partial charge in [0.05, 0.1) is 22.6 Å². The maximum atomic E-state index is 11.3. The van der Waals surface area contributed by atoms with Crippen molar-refractivity contribution in [1.29, 1.82) is 0 Å². The molecule has 0 heterocycles. The first-order chi connectivity index (χ1) is 12.8. The molecule has 9 heteroatoms. The van der Waals surface area contributed by atoms with E-state index in [9.17, 15) is 8.42 Å². The molecule has 2 aromatic carbocycles. The fourth-order valence-electron chi connectivity index (χ4n) is 2.58. The molecule has 3 N–H and O–H groups in total. The summed E-state index contributed by atoms with van der Waals surface area (Å²) in [5.74, 6) is 1.45. The molecule has 6 nitrogen and oxygen atoms in total. The topological polar surface area (TPSA) is 90.6 Å². The highest BCUT2D eigenvalue weighted by atomic mass is 79.9. The molecule has 28 heavy (non-hydrogen) atoms. The van der Waals surface area contributed by atoms with Crippen LogP contribution in [0.1, 0.15) is 25.0 Å². The minimum Gasteiger partial charge on any atom is -0.490 e. The van der Waals surface area contributed by atoms with Crippen molar-refractivity contribution in [3.63, 3.8) is 0 Å². The van der Waals surface area contributed by atoms with Gasteiger partial charge in [-0.2, -0.15) is 0 Å². The minimum atomic E-state index is -3.64. The molecule has 0 bridgehead atoms. The Morgan fingerprint density at radius 3 is 2.25 bits per heavy atom. The van der Waals surface area contributed by atoms with E-state index < -0.39 is 10.0 Å². The van der Waals surface area contributed by atoms with Crippen LogP contribution in [0.5, 0.6) is 11.5 Å². The SMILES string of the molecule is CCOc1cc(CNCCc2ccc(S(N)(=O)=O)cc2)cc(Br)c1OCC.Cl. The summed E-state index contributed by atoms with van der Waals surface area (Å²) < 4.78 is 34.7. The fourth-order valence-corrected chi connectivity index (χ4v) is 3.70. The molecule has 2 rings (SSSR count).